The summed E-state index contributed by atoms with van der Waals surface area (Å²) in [5.41, 5.74) is 4.08. The maximum Gasteiger partial charge on any atom is 0.256 e. The van der Waals surface area contributed by atoms with Crippen LogP contribution in [-0.4, -0.2) is 46.7 Å². The van der Waals surface area contributed by atoms with Gasteiger partial charge in [0.15, 0.2) is 0 Å². The zero-order chi connectivity index (χ0) is 23.3. The fourth-order valence-corrected chi connectivity index (χ4v) is 4.98. The number of fused-ring (bicyclic) bond motifs is 1. The van der Waals surface area contributed by atoms with Crippen LogP contribution in [-0.2, 0) is 9.59 Å². The van der Waals surface area contributed by atoms with Gasteiger partial charge in [0.1, 0.15) is 5.82 Å². The van der Waals surface area contributed by atoms with Crippen molar-refractivity contribution < 1.29 is 18.8 Å². The van der Waals surface area contributed by atoms with Crippen LogP contribution in [0.2, 0.25) is 0 Å². The predicted octanol–water partition coefficient (Wildman–Crippen LogP) is 3.39. The second kappa shape index (κ2) is 8.17. The number of benzene rings is 1. The topological polar surface area (TPSA) is 94.1 Å². The predicted molar refractivity (Wildman–Crippen MR) is 123 cm³/mol. The number of amides is 3. The zero-order valence-corrected chi connectivity index (χ0v) is 18.8. The Morgan fingerprint density at radius 1 is 1.15 bits per heavy atom. The smallest absolute Gasteiger partial charge is 0.256 e. The highest BCUT2D eigenvalue weighted by molar-refractivity contribution is 6.34. The molecule has 3 N–H and O–H groups in total. The quantitative estimate of drug-likeness (QED) is 0.492. The van der Waals surface area contributed by atoms with Gasteiger partial charge in [0.2, 0.25) is 5.91 Å². The van der Waals surface area contributed by atoms with Crippen LogP contribution >= 0.6 is 0 Å². The Balaban J connectivity index is 1.31. The molecule has 1 saturated carbocycles. The highest BCUT2D eigenvalue weighted by Crippen LogP contribution is 2.34. The van der Waals surface area contributed by atoms with E-state index in [1.165, 1.54) is 12.1 Å². The van der Waals surface area contributed by atoms with Gasteiger partial charge in [0, 0.05) is 47.7 Å². The van der Waals surface area contributed by atoms with E-state index in [9.17, 15) is 18.8 Å². The van der Waals surface area contributed by atoms with Crippen molar-refractivity contribution in [1.29, 1.82) is 0 Å². The van der Waals surface area contributed by atoms with Gasteiger partial charge < -0.3 is 20.5 Å². The molecule has 3 amide bonds. The summed E-state index contributed by atoms with van der Waals surface area (Å²) in [5, 5.41) is 5.87. The van der Waals surface area contributed by atoms with Gasteiger partial charge in [-0.1, -0.05) is 0 Å². The average Bonchev–Trinajstić information content (AvgIpc) is 3.53. The Hall–Kier alpha value is -3.42. The number of nitrogens with zero attached hydrogens (tertiary/aromatic N) is 1. The third-order valence-corrected chi connectivity index (χ3v) is 6.93. The van der Waals surface area contributed by atoms with Gasteiger partial charge in [-0.25, -0.2) is 4.39 Å². The molecule has 1 aliphatic carbocycles. The van der Waals surface area contributed by atoms with E-state index in [4.69, 9.17) is 0 Å². The summed E-state index contributed by atoms with van der Waals surface area (Å²) in [4.78, 5) is 42.9. The number of aryl methyl sites for hydroxylation is 1. The van der Waals surface area contributed by atoms with Crippen molar-refractivity contribution >= 4 is 35.1 Å². The second-order valence-electron chi connectivity index (χ2n) is 9.21. The largest absolute Gasteiger partial charge is 0.358 e. The number of hydrogen-bond acceptors (Lipinski definition) is 3. The number of hydrogen-bond donors (Lipinski definition) is 3. The van der Waals surface area contributed by atoms with Gasteiger partial charge in [-0.15, -0.1) is 0 Å². The normalized spacial score (nSPS) is 22.8. The molecular weight excluding hydrogens is 423 g/mol. The Labute approximate surface area is 191 Å². The summed E-state index contributed by atoms with van der Waals surface area (Å²) < 4.78 is 13.7. The Bertz CT molecular complexity index is 1190. The number of aromatic nitrogens is 1. The Morgan fingerprint density at radius 3 is 2.58 bits per heavy atom. The second-order valence-corrected chi connectivity index (χ2v) is 9.21. The number of rotatable bonds is 4. The van der Waals surface area contributed by atoms with E-state index in [1.807, 2.05) is 18.7 Å². The number of aromatic amines is 1. The first-order chi connectivity index (χ1) is 15.8. The van der Waals surface area contributed by atoms with Crippen LogP contribution in [0.1, 0.15) is 58.6 Å². The number of H-pyrrole nitrogens is 1. The highest BCUT2D eigenvalue weighted by Gasteiger charge is 2.34. The maximum absolute atomic E-state index is 13.7. The standard InChI is InChI=1S/C25H27FN4O3/c1-13-21(12-19-18-11-16(26)5-8-20(18)29-23(19)31)27-14(2)22(13)24(32)28-17-6-3-15(4-7-17)25(33)30-9-10-30/h5,8,11-12,15,17,27H,3-4,6-7,9-10H2,1-2H3,(H,28,32)(H,29,31)/b19-12-. The van der Waals surface area contributed by atoms with Gasteiger partial charge in [-0.3, -0.25) is 14.4 Å². The number of carbonyl (C=O) groups excluding carboxylic acids is 3. The third kappa shape index (κ3) is 4.05. The van der Waals surface area contributed by atoms with E-state index in [2.05, 4.69) is 15.6 Å². The lowest BCUT2D eigenvalue weighted by molar-refractivity contribution is -0.130. The van der Waals surface area contributed by atoms with Gasteiger partial charge >= 0.3 is 0 Å². The third-order valence-electron chi connectivity index (χ3n) is 6.93. The van der Waals surface area contributed by atoms with Crippen molar-refractivity contribution in [3.8, 4) is 0 Å². The van der Waals surface area contributed by atoms with Crippen LogP contribution in [0.4, 0.5) is 10.1 Å². The van der Waals surface area contributed by atoms with Crippen LogP contribution in [0.3, 0.4) is 0 Å². The molecule has 0 atom stereocenters. The molecule has 3 heterocycles. The van der Waals surface area contributed by atoms with Crippen molar-refractivity contribution in [2.75, 3.05) is 18.4 Å². The minimum atomic E-state index is -0.415. The van der Waals surface area contributed by atoms with Crippen molar-refractivity contribution in [2.24, 2.45) is 5.92 Å². The lowest BCUT2D eigenvalue weighted by Gasteiger charge is -2.28. The molecule has 2 aliphatic heterocycles. The number of halogens is 1. The molecule has 0 spiro atoms. The number of anilines is 1. The monoisotopic (exact) mass is 450 g/mol. The first-order valence-corrected chi connectivity index (χ1v) is 11.4. The molecule has 0 unspecified atom stereocenters. The molecule has 7 nitrogen and oxygen atoms in total. The summed E-state index contributed by atoms with van der Waals surface area (Å²) in [6.45, 7) is 5.42. The summed E-state index contributed by atoms with van der Waals surface area (Å²) in [5.74, 6) is -0.538. The molecule has 33 heavy (non-hydrogen) atoms. The SMILES string of the molecule is Cc1[nH]c(/C=C2\C(=O)Nc3ccc(F)cc32)c(C)c1C(=O)NC1CCC(C(=O)N2CC2)CC1. The molecule has 5 rings (SSSR count). The van der Waals surface area contributed by atoms with Crippen LogP contribution < -0.4 is 10.6 Å². The molecule has 1 aromatic carbocycles. The molecule has 1 aromatic heterocycles. The average molecular weight is 451 g/mol. The Kier molecular flexibility index (Phi) is 5.31. The molecule has 2 fully saturated rings. The van der Waals surface area contributed by atoms with Gasteiger partial charge in [0.25, 0.3) is 11.8 Å². The van der Waals surface area contributed by atoms with Crippen LogP contribution in [0.15, 0.2) is 18.2 Å². The lowest BCUT2D eigenvalue weighted by Crippen LogP contribution is -2.39. The van der Waals surface area contributed by atoms with Crippen LogP contribution in [0.25, 0.3) is 11.6 Å². The molecule has 2 aromatic rings. The van der Waals surface area contributed by atoms with E-state index in [-0.39, 0.29) is 29.7 Å². The zero-order valence-electron chi connectivity index (χ0n) is 18.8. The van der Waals surface area contributed by atoms with Crippen molar-refractivity contribution in [3.05, 3.63) is 52.1 Å². The fraction of sp³-hybridized carbons (Fsp3) is 0.400. The van der Waals surface area contributed by atoms with Crippen molar-refractivity contribution in [3.63, 3.8) is 0 Å². The maximum atomic E-state index is 13.7. The van der Waals surface area contributed by atoms with E-state index in [0.717, 1.165) is 44.3 Å². The Morgan fingerprint density at radius 2 is 1.88 bits per heavy atom. The molecule has 172 valence electrons. The number of nitrogens with one attached hydrogen (secondary N) is 3. The molecular formula is C25H27FN4O3. The van der Waals surface area contributed by atoms with E-state index in [0.29, 0.717) is 33.8 Å². The molecule has 3 aliphatic rings. The van der Waals surface area contributed by atoms with Crippen molar-refractivity contribution in [2.45, 2.75) is 45.6 Å². The molecule has 8 heteroatoms. The fourth-order valence-electron chi connectivity index (χ4n) is 4.98. The lowest BCUT2D eigenvalue weighted by atomic mass is 9.85. The van der Waals surface area contributed by atoms with Crippen LogP contribution in [0.5, 0.6) is 0 Å². The van der Waals surface area contributed by atoms with Gasteiger partial charge in [-0.2, -0.15) is 0 Å². The number of carbonyl (C=O) groups is 3. The van der Waals surface area contributed by atoms with E-state index < -0.39 is 5.82 Å². The highest BCUT2D eigenvalue weighted by atomic mass is 19.1. The molecule has 0 bridgehead atoms. The van der Waals surface area contributed by atoms with Gasteiger partial charge in [0.05, 0.1) is 11.1 Å². The summed E-state index contributed by atoms with van der Waals surface area (Å²) in [6.07, 6.45) is 4.85. The van der Waals surface area contributed by atoms with E-state index >= 15 is 0 Å². The first-order valence-electron chi connectivity index (χ1n) is 11.4. The van der Waals surface area contributed by atoms with Crippen molar-refractivity contribution in [1.82, 2.24) is 15.2 Å². The summed E-state index contributed by atoms with van der Waals surface area (Å²) in [6, 6.07) is 4.22. The van der Waals surface area contributed by atoms with Gasteiger partial charge in [-0.05, 0) is 69.4 Å². The van der Waals surface area contributed by atoms with Crippen LogP contribution in [0, 0.1) is 25.6 Å². The summed E-state index contributed by atoms with van der Waals surface area (Å²) in [7, 11) is 0. The first kappa shape index (κ1) is 21.4. The molecule has 0 radical (unpaired) electrons. The minimum Gasteiger partial charge on any atom is -0.358 e. The van der Waals surface area contributed by atoms with E-state index in [1.54, 1.807) is 12.1 Å². The summed E-state index contributed by atoms with van der Waals surface area (Å²) >= 11 is 0. The molecule has 1 saturated heterocycles. The minimum absolute atomic E-state index is 0.0433.